The van der Waals surface area contributed by atoms with Crippen molar-refractivity contribution in [2.24, 2.45) is 0 Å². The predicted molar refractivity (Wildman–Crippen MR) is 93.4 cm³/mol. The minimum Gasteiger partial charge on any atom is -0.473 e. The summed E-state index contributed by atoms with van der Waals surface area (Å²) in [6.45, 7) is 4.82. The Morgan fingerprint density at radius 2 is 1.83 bits per heavy atom. The molecule has 0 aliphatic carbocycles. The third kappa shape index (κ3) is 4.13. The Labute approximate surface area is 143 Å². The normalized spacial score (nSPS) is 18.7. The van der Waals surface area contributed by atoms with Crippen LogP contribution in [-0.4, -0.2) is 36.9 Å². The molecule has 3 rings (SSSR count). The molecule has 0 saturated carbocycles. The first-order chi connectivity index (χ1) is 11.4. The molecule has 24 heavy (non-hydrogen) atoms. The Kier molecular flexibility index (Phi) is 4.87. The van der Waals surface area contributed by atoms with Crippen molar-refractivity contribution in [3.8, 4) is 5.88 Å². The highest BCUT2D eigenvalue weighted by molar-refractivity contribution is 7.88. The maximum atomic E-state index is 12.6. The lowest BCUT2D eigenvalue weighted by atomic mass is 10.2. The van der Waals surface area contributed by atoms with Crippen LogP contribution in [0, 0.1) is 13.8 Å². The molecule has 128 valence electrons. The molecular weight excluding hydrogens is 324 g/mol. The molecule has 5 nitrogen and oxygen atoms in total. The van der Waals surface area contributed by atoms with Crippen molar-refractivity contribution in [3.05, 3.63) is 59.3 Å². The van der Waals surface area contributed by atoms with Crippen LogP contribution in [0.3, 0.4) is 0 Å². The largest absolute Gasteiger partial charge is 0.473 e. The number of aryl methyl sites for hydroxylation is 2. The van der Waals surface area contributed by atoms with Crippen LogP contribution in [0.2, 0.25) is 0 Å². The first-order valence-corrected chi connectivity index (χ1v) is 9.66. The molecule has 0 radical (unpaired) electrons. The van der Waals surface area contributed by atoms with E-state index in [0.717, 1.165) is 16.7 Å². The van der Waals surface area contributed by atoms with Crippen molar-refractivity contribution < 1.29 is 13.2 Å². The molecule has 1 fully saturated rings. The molecule has 1 aromatic carbocycles. The molecule has 1 atom stereocenters. The van der Waals surface area contributed by atoms with Crippen molar-refractivity contribution in [3.63, 3.8) is 0 Å². The Morgan fingerprint density at radius 1 is 1.12 bits per heavy atom. The molecule has 0 spiro atoms. The van der Waals surface area contributed by atoms with Gasteiger partial charge in [-0.2, -0.15) is 4.31 Å². The molecule has 1 aliphatic rings. The van der Waals surface area contributed by atoms with E-state index in [4.69, 9.17) is 4.74 Å². The fourth-order valence-corrected chi connectivity index (χ4v) is 4.30. The van der Waals surface area contributed by atoms with E-state index in [1.807, 2.05) is 50.2 Å². The van der Waals surface area contributed by atoms with Gasteiger partial charge in [-0.25, -0.2) is 13.4 Å². The number of hydrogen-bond acceptors (Lipinski definition) is 4. The van der Waals surface area contributed by atoms with Crippen molar-refractivity contribution in [2.75, 3.05) is 13.1 Å². The highest BCUT2D eigenvalue weighted by Gasteiger charge is 2.32. The van der Waals surface area contributed by atoms with Crippen molar-refractivity contribution in [1.82, 2.24) is 9.29 Å². The third-order valence-corrected chi connectivity index (χ3v) is 5.96. The van der Waals surface area contributed by atoms with E-state index in [-0.39, 0.29) is 11.9 Å². The molecule has 0 N–H and O–H groups in total. The van der Waals surface area contributed by atoms with E-state index in [0.29, 0.717) is 25.4 Å². The molecule has 1 saturated heterocycles. The minimum atomic E-state index is -3.32. The summed E-state index contributed by atoms with van der Waals surface area (Å²) in [5, 5.41) is 0. The second-order valence-electron chi connectivity index (χ2n) is 6.30. The van der Waals surface area contributed by atoms with Crippen molar-refractivity contribution in [1.29, 1.82) is 0 Å². The molecule has 0 bridgehead atoms. The molecule has 6 heteroatoms. The summed E-state index contributed by atoms with van der Waals surface area (Å²) < 4.78 is 32.5. The Morgan fingerprint density at radius 3 is 2.50 bits per heavy atom. The summed E-state index contributed by atoms with van der Waals surface area (Å²) in [7, 11) is -3.32. The van der Waals surface area contributed by atoms with Gasteiger partial charge in [0.05, 0.1) is 12.3 Å². The van der Waals surface area contributed by atoms with Crippen LogP contribution in [-0.2, 0) is 15.8 Å². The van der Waals surface area contributed by atoms with Crippen LogP contribution >= 0.6 is 0 Å². The molecule has 1 aliphatic heterocycles. The average molecular weight is 346 g/mol. The van der Waals surface area contributed by atoms with Gasteiger partial charge in [0.2, 0.25) is 15.9 Å². The second-order valence-corrected chi connectivity index (χ2v) is 8.27. The zero-order chi connectivity index (χ0) is 17.2. The van der Waals surface area contributed by atoms with Crippen molar-refractivity contribution >= 4 is 10.0 Å². The summed E-state index contributed by atoms with van der Waals surface area (Å²) in [5.74, 6) is 0.575. The van der Waals surface area contributed by atoms with Gasteiger partial charge in [-0.15, -0.1) is 0 Å². The van der Waals surface area contributed by atoms with E-state index < -0.39 is 10.0 Å². The summed E-state index contributed by atoms with van der Waals surface area (Å²) in [5.41, 5.74) is 3.00. The lowest BCUT2D eigenvalue weighted by molar-refractivity contribution is 0.207. The predicted octanol–water partition coefficient (Wildman–Crippen LogP) is 2.68. The van der Waals surface area contributed by atoms with Crippen LogP contribution in [0.5, 0.6) is 5.88 Å². The highest BCUT2D eigenvalue weighted by atomic mass is 32.2. The summed E-state index contributed by atoms with van der Waals surface area (Å²) in [6.07, 6.45) is 2.28. The van der Waals surface area contributed by atoms with Crippen LogP contribution in [0.15, 0.2) is 42.6 Å². The molecule has 2 heterocycles. The Bertz CT molecular complexity index is 786. The van der Waals surface area contributed by atoms with E-state index in [2.05, 4.69) is 4.98 Å². The topological polar surface area (TPSA) is 59.5 Å². The van der Waals surface area contributed by atoms with E-state index in [9.17, 15) is 8.42 Å². The first kappa shape index (κ1) is 16.9. The smallest absolute Gasteiger partial charge is 0.218 e. The van der Waals surface area contributed by atoms with Gasteiger partial charge in [-0.05, 0) is 31.4 Å². The monoisotopic (exact) mass is 346 g/mol. The van der Waals surface area contributed by atoms with Gasteiger partial charge >= 0.3 is 0 Å². The number of pyridine rings is 1. The number of sulfonamides is 1. The third-order valence-electron chi connectivity index (χ3n) is 4.14. The van der Waals surface area contributed by atoms with Crippen molar-refractivity contribution in [2.45, 2.75) is 32.1 Å². The lowest BCUT2D eigenvalue weighted by Gasteiger charge is -2.17. The summed E-state index contributed by atoms with van der Waals surface area (Å²) in [6, 6.07) is 11.4. The zero-order valence-corrected chi connectivity index (χ0v) is 14.8. The zero-order valence-electron chi connectivity index (χ0n) is 14.0. The number of hydrogen-bond donors (Lipinski definition) is 0. The van der Waals surface area contributed by atoms with Gasteiger partial charge in [0.25, 0.3) is 0 Å². The fraction of sp³-hybridized carbons (Fsp3) is 0.389. The molecule has 2 aromatic rings. The first-order valence-electron chi connectivity index (χ1n) is 8.05. The van der Waals surface area contributed by atoms with Crippen LogP contribution < -0.4 is 4.74 Å². The van der Waals surface area contributed by atoms with E-state index in [1.54, 1.807) is 6.20 Å². The molecule has 1 aromatic heterocycles. The minimum absolute atomic E-state index is 0.0305. The number of ether oxygens (including phenoxy) is 1. The Balaban J connectivity index is 1.61. The second kappa shape index (κ2) is 6.91. The molecular formula is C18H22N2O3S. The fourth-order valence-electron chi connectivity index (χ4n) is 2.73. The van der Waals surface area contributed by atoms with E-state index >= 15 is 0 Å². The standard InChI is InChI=1S/C18H22N2O3S/c1-14-3-6-16(7-4-14)13-24(21,22)20-10-9-17(12-20)23-18-8-5-15(2)11-19-18/h3-8,11,17H,9-10,12-13H2,1-2H3. The van der Waals surface area contributed by atoms with Gasteiger partial charge in [-0.3, -0.25) is 0 Å². The molecule has 0 amide bonds. The number of nitrogens with zero attached hydrogens (tertiary/aromatic N) is 2. The number of rotatable bonds is 5. The van der Waals surface area contributed by atoms with Gasteiger partial charge in [0.1, 0.15) is 6.10 Å². The van der Waals surface area contributed by atoms with Gasteiger partial charge in [0, 0.05) is 18.8 Å². The number of benzene rings is 1. The number of aromatic nitrogens is 1. The van der Waals surface area contributed by atoms with Crippen LogP contribution in [0.1, 0.15) is 23.1 Å². The molecule has 1 unspecified atom stereocenters. The average Bonchev–Trinajstić information content (AvgIpc) is 3.01. The van der Waals surface area contributed by atoms with Gasteiger partial charge in [0.15, 0.2) is 0 Å². The lowest BCUT2D eigenvalue weighted by Crippen LogP contribution is -2.32. The quantitative estimate of drug-likeness (QED) is 0.835. The summed E-state index contributed by atoms with van der Waals surface area (Å²) in [4.78, 5) is 4.21. The van der Waals surface area contributed by atoms with Gasteiger partial charge < -0.3 is 4.74 Å². The maximum Gasteiger partial charge on any atom is 0.218 e. The van der Waals surface area contributed by atoms with Gasteiger partial charge in [-0.1, -0.05) is 35.9 Å². The van der Waals surface area contributed by atoms with E-state index in [1.165, 1.54) is 4.31 Å². The Hall–Kier alpha value is -1.92. The maximum absolute atomic E-state index is 12.6. The summed E-state index contributed by atoms with van der Waals surface area (Å²) >= 11 is 0. The SMILES string of the molecule is Cc1ccc(CS(=O)(=O)N2CCC(Oc3ccc(C)cn3)C2)cc1. The highest BCUT2D eigenvalue weighted by Crippen LogP contribution is 2.21. The van der Waals surface area contributed by atoms with Crippen LogP contribution in [0.25, 0.3) is 0 Å². The van der Waals surface area contributed by atoms with Crippen LogP contribution in [0.4, 0.5) is 0 Å².